The lowest BCUT2D eigenvalue weighted by Crippen LogP contribution is -2.19. The van der Waals surface area contributed by atoms with Gasteiger partial charge in [-0.1, -0.05) is 30.3 Å². The molecule has 1 unspecified atom stereocenters. The van der Waals surface area contributed by atoms with Crippen molar-refractivity contribution >= 4 is 0 Å². The zero-order chi connectivity index (χ0) is 14.7. The molecule has 112 valence electrons. The highest BCUT2D eigenvalue weighted by Crippen LogP contribution is 2.28. The van der Waals surface area contributed by atoms with Crippen LogP contribution < -0.4 is 5.32 Å². The average Bonchev–Trinajstić information content (AvgIpc) is 3.08. The lowest BCUT2D eigenvalue weighted by Gasteiger charge is -2.14. The Kier molecular flexibility index (Phi) is 4.42. The SMILES string of the molecule is CNCc1oc(CN2CCC(c3ccccc3)C2)cc1C. The van der Waals surface area contributed by atoms with E-state index in [4.69, 9.17) is 4.42 Å². The second kappa shape index (κ2) is 6.46. The summed E-state index contributed by atoms with van der Waals surface area (Å²) in [5.74, 6) is 2.82. The highest BCUT2D eigenvalue weighted by atomic mass is 16.3. The minimum atomic E-state index is 0.666. The van der Waals surface area contributed by atoms with E-state index in [-0.39, 0.29) is 0 Å². The highest BCUT2D eigenvalue weighted by Gasteiger charge is 2.24. The molecule has 3 nitrogen and oxygen atoms in total. The molecule has 0 aliphatic carbocycles. The van der Waals surface area contributed by atoms with E-state index in [1.165, 1.54) is 17.5 Å². The number of likely N-dealkylation sites (tertiary alicyclic amines) is 1. The molecule has 0 amide bonds. The van der Waals surface area contributed by atoms with Gasteiger partial charge in [-0.3, -0.25) is 4.90 Å². The number of hydrogen-bond donors (Lipinski definition) is 1. The highest BCUT2D eigenvalue weighted by molar-refractivity contribution is 5.22. The molecule has 1 aromatic carbocycles. The van der Waals surface area contributed by atoms with E-state index in [9.17, 15) is 0 Å². The van der Waals surface area contributed by atoms with Crippen LogP contribution in [0, 0.1) is 6.92 Å². The normalized spacial score (nSPS) is 19.2. The first kappa shape index (κ1) is 14.4. The van der Waals surface area contributed by atoms with Gasteiger partial charge in [-0.25, -0.2) is 0 Å². The molecule has 1 saturated heterocycles. The number of furan rings is 1. The lowest BCUT2D eigenvalue weighted by atomic mass is 9.99. The van der Waals surface area contributed by atoms with Gasteiger partial charge in [-0.2, -0.15) is 0 Å². The van der Waals surface area contributed by atoms with Crippen LogP contribution in [0.4, 0.5) is 0 Å². The van der Waals surface area contributed by atoms with E-state index < -0.39 is 0 Å². The Morgan fingerprint density at radius 3 is 2.86 bits per heavy atom. The molecule has 1 N–H and O–H groups in total. The van der Waals surface area contributed by atoms with Gasteiger partial charge < -0.3 is 9.73 Å². The fourth-order valence-corrected chi connectivity index (χ4v) is 3.20. The Hall–Kier alpha value is -1.58. The Labute approximate surface area is 127 Å². The Bertz CT molecular complexity index is 576. The molecule has 1 aliphatic rings. The third-order valence-corrected chi connectivity index (χ3v) is 4.33. The predicted molar refractivity (Wildman–Crippen MR) is 85.3 cm³/mol. The summed E-state index contributed by atoms with van der Waals surface area (Å²) in [6.07, 6.45) is 1.24. The quantitative estimate of drug-likeness (QED) is 0.913. The van der Waals surface area contributed by atoms with Crippen LogP contribution in [0.5, 0.6) is 0 Å². The number of nitrogens with zero attached hydrogens (tertiary/aromatic N) is 1. The third kappa shape index (κ3) is 3.36. The van der Waals surface area contributed by atoms with Crippen molar-refractivity contribution in [2.45, 2.75) is 32.4 Å². The van der Waals surface area contributed by atoms with Gasteiger partial charge >= 0.3 is 0 Å². The molecule has 1 aliphatic heterocycles. The van der Waals surface area contributed by atoms with E-state index in [1.54, 1.807) is 0 Å². The van der Waals surface area contributed by atoms with Gasteiger partial charge in [0.2, 0.25) is 0 Å². The molecule has 0 radical (unpaired) electrons. The zero-order valence-corrected chi connectivity index (χ0v) is 12.9. The number of hydrogen-bond acceptors (Lipinski definition) is 3. The monoisotopic (exact) mass is 284 g/mol. The maximum Gasteiger partial charge on any atom is 0.120 e. The Balaban J connectivity index is 1.61. The summed E-state index contributed by atoms with van der Waals surface area (Å²) in [6.45, 7) is 6.13. The number of benzene rings is 1. The molecule has 3 heteroatoms. The summed E-state index contributed by atoms with van der Waals surface area (Å²) in [5.41, 5.74) is 2.71. The molecule has 3 rings (SSSR count). The maximum absolute atomic E-state index is 5.95. The molecule has 0 saturated carbocycles. The van der Waals surface area contributed by atoms with E-state index in [1.807, 2.05) is 7.05 Å². The fraction of sp³-hybridized carbons (Fsp3) is 0.444. The van der Waals surface area contributed by atoms with Crippen LogP contribution in [0.2, 0.25) is 0 Å². The largest absolute Gasteiger partial charge is 0.463 e. The molecular weight excluding hydrogens is 260 g/mol. The van der Waals surface area contributed by atoms with E-state index >= 15 is 0 Å². The molecule has 0 bridgehead atoms. The molecule has 2 aromatic rings. The molecule has 0 spiro atoms. The van der Waals surface area contributed by atoms with Crippen molar-refractivity contribution in [3.8, 4) is 0 Å². The van der Waals surface area contributed by atoms with Crippen LogP contribution in [-0.4, -0.2) is 25.0 Å². The summed E-state index contributed by atoms with van der Waals surface area (Å²) < 4.78 is 5.95. The first-order valence-corrected chi connectivity index (χ1v) is 7.76. The van der Waals surface area contributed by atoms with Gasteiger partial charge in [0.1, 0.15) is 11.5 Å². The van der Waals surface area contributed by atoms with Gasteiger partial charge in [-0.15, -0.1) is 0 Å². The summed E-state index contributed by atoms with van der Waals surface area (Å²) in [5, 5.41) is 3.15. The van der Waals surface area contributed by atoms with E-state index in [0.717, 1.165) is 37.7 Å². The van der Waals surface area contributed by atoms with Gasteiger partial charge in [0.05, 0.1) is 13.1 Å². The summed E-state index contributed by atoms with van der Waals surface area (Å²) in [6, 6.07) is 13.0. The molecule has 1 atom stereocenters. The minimum absolute atomic E-state index is 0.666. The second-order valence-electron chi connectivity index (χ2n) is 5.98. The van der Waals surface area contributed by atoms with Crippen LogP contribution in [0.3, 0.4) is 0 Å². The van der Waals surface area contributed by atoms with Crippen molar-refractivity contribution < 1.29 is 4.42 Å². The van der Waals surface area contributed by atoms with Gasteiger partial charge in [0.25, 0.3) is 0 Å². The topological polar surface area (TPSA) is 28.4 Å². The second-order valence-corrected chi connectivity index (χ2v) is 5.98. The standard InChI is InChI=1S/C18H24N2O/c1-14-10-17(21-18(14)11-19-2)13-20-9-8-16(12-20)15-6-4-3-5-7-15/h3-7,10,16,19H,8-9,11-13H2,1-2H3. The van der Waals surface area contributed by atoms with E-state index in [2.05, 4.69) is 53.5 Å². The molecule has 1 fully saturated rings. The number of nitrogens with one attached hydrogen (secondary N) is 1. The zero-order valence-electron chi connectivity index (χ0n) is 12.9. The van der Waals surface area contributed by atoms with Crippen molar-refractivity contribution in [3.05, 3.63) is 59.0 Å². The smallest absolute Gasteiger partial charge is 0.120 e. The molecule has 21 heavy (non-hydrogen) atoms. The van der Waals surface area contributed by atoms with Gasteiger partial charge in [-0.05, 0) is 50.0 Å². The first-order valence-electron chi connectivity index (χ1n) is 7.76. The Morgan fingerprint density at radius 2 is 2.10 bits per heavy atom. The summed E-state index contributed by atoms with van der Waals surface area (Å²) in [7, 11) is 1.95. The predicted octanol–water partition coefficient (Wildman–Crippen LogP) is 3.30. The first-order chi connectivity index (χ1) is 10.3. The molecular formula is C18H24N2O. The van der Waals surface area contributed by atoms with Crippen molar-refractivity contribution in [3.63, 3.8) is 0 Å². The van der Waals surface area contributed by atoms with Gasteiger partial charge in [0, 0.05) is 6.54 Å². The minimum Gasteiger partial charge on any atom is -0.463 e. The third-order valence-electron chi connectivity index (χ3n) is 4.33. The fourth-order valence-electron chi connectivity index (χ4n) is 3.20. The van der Waals surface area contributed by atoms with Crippen molar-refractivity contribution in [1.82, 2.24) is 10.2 Å². The van der Waals surface area contributed by atoms with Crippen molar-refractivity contribution in [2.24, 2.45) is 0 Å². The van der Waals surface area contributed by atoms with Crippen LogP contribution in [0.25, 0.3) is 0 Å². The average molecular weight is 284 g/mol. The summed E-state index contributed by atoms with van der Waals surface area (Å²) in [4.78, 5) is 2.50. The number of aryl methyl sites for hydroxylation is 1. The molecule has 1 aromatic heterocycles. The van der Waals surface area contributed by atoms with Crippen LogP contribution in [-0.2, 0) is 13.1 Å². The maximum atomic E-state index is 5.95. The van der Waals surface area contributed by atoms with Crippen LogP contribution in [0.1, 0.15) is 35.0 Å². The van der Waals surface area contributed by atoms with Crippen molar-refractivity contribution in [1.29, 1.82) is 0 Å². The molecule has 2 heterocycles. The van der Waals surface area contributed by atoms with Crippen molar-refractivity contribution in [2.75, 3.05) is 20.1 Å². The Morgan fingerprint density at radius 1 is 1.29 bits per heavy atom. The lowest BCUT2D eigenvalue weighted by molar-refractivity contribution is 0.289. The number of rotatable bonds is 5. The van der Waals surface area contributed by atoms with E-state index in [0.29, 0.717) is 5.92 Å². The van der Waals surface area contributed by atoms with Gasteiger partial charge in [0.15, 0.2) is 0 Å². The van der Waals surface area contributed by atoms with Crippen LogP contribution >= 0.6 is 0 Å². The summed E-state index contributed by atoms with van der Waals surface area (Å²) >= 11 is 0. The van der Waals surface area contributed by atoms with Crippen LogP contribution in [0.15, 0.2) is 40.8 Å².